The van der Waals surface area contributed by atoms with Crippen molar-refractivity contribution in [1.82, 2.24) is 30.1 Å². The predicted octanol–water partition coefficient (Wildman–Crippen LogP) is 0.794. The Balaban J connectivity index is 1.48. The van der Waals surface area contributed by atoms with Gasteiger partial charge in [0.25, 0.3) is 0 Å². The Morgan fingerprint density at radius 1 is 1.22 bits per heavy atom. The molecule has 0 aromatic carbocycles. The van der Waals surface area contributed by atoms with E-state index >= 15 is 0 Å². The largest absolute Gasteiger partial charge is 0.379 e. The number of hydrogen-bond acceptors (Lipinski definition) is 5. The van der Waals surface area contributed by atoms with E-state index in [1.54, 1.807) is 7.05 Å². The second-order valence-electron chi connectivity index (χ2n) is 7.13. The molecule has 0 saturated carbocycles. The van der Waals surface area contributed by atoms with Gasteiger partial charge in [0.15, 0.2) is 11.6 Å². The van der Waals surface area contributed by atoms with Crippen molar-refractivity contribution in [2.45, 2.75) is 26.3 Å². The maximum Gasteiger partial charge on any atom is 0.191 e. The summed E-state index contributed by atoms with van der Waals surface area (Å²) in [5.74, 6) is 2.33. The lowest BCUT2D eigenvalue weighted by molar-refractivity contribution is 0.00752. The fourth-order valence-corrected chi connectivity index (χ4v) is 3.47. The molecule has 1 atom stereocenters. The van der Waals surface area contributed by atoms with Gasteiger partial charge in [-0.1, -0.05) is 19.9 Å². The standard InChI is InChI=1S/C19H31N7O/c1-15(2)16(25-10-12-27-13-11-25)14-22-19(20-3)21-8-7-18-24-23-17-6-4-5-9-26(17)18/h4-6,9,15-16H,7-8,10-14H2,1-3H3,(H2,20,21,22). The fourth-order valence-electron chi connectivity index (χ4n) is 3.47. The quantitative estimate of drug-likeness (QED) is 0.552. The van der Waals surface area contributed by atoms with Gasteiger partial charge in [0.1, 0.15) is 5.82 Å². The first-order valence-electron chi connectivity index (χ1n) is 9.74. The first-order chi connectivity index (χ1) is 13.2. The maximum atomic E-state index is 5.48. The molecule has 0 radical (unpaired) electrons. The summed E-state index contributed by atoms with van der Waals surface area (Å²) in [6.07, 6.45) is 2.77. The number of aliphatic imine (C=N–C) groups is 1. The normalized spacial score (nSPS) is 17.4. The summed E-state index contributed by atoms with van der Waals surface area (Å²) >= 11 is 0. The van der Waals surface area contributed by atoms with E-state index in [0.29, 0.717) is 12.0 Å². The van der Waals surface area contributed by atoms with Crippen LogP contribution in [0, 0.1) is 5.92 Å². The molecule has 8 heteroatoms. The number of aromatic nitrogens is 3. The van der Waals surface area contributed by atoms with Gasteiger partial charge in [0.05, 0.1) is 13.2 Å². The minimum Gasteiger partial charge on any atom is -0.379 e. The van der Waals surface area contributed by atoms with Gasteiger partial charge < -0.3 is 15.4 Å². The van der Waals surface area contributed by atoms with Gasteiger partial charge in [-0.15, -0.1) is 10.2 Å². The Morgan fingerprint density at radius 3 is 2.78 bits per heavy atom. The molecule has 0 amide bonds. The number of nitrogens with zero attached hydrogens (tertiary/aromatic N) is 5. The van der Waals surface area contributed by atoms with Crippen LogP contribution in [-0.4, -0.2) is 77.9 Å². The molecule has 1 aliphatic heterocycles. The number of ether oxygens (including phenoxy) is 1. The van der Waals surface area contributed by atoms with E-state index in [9.17, 15) is 0 Å². The fraction of sp³-hybridized carbons (Fsp3) is 0.632. The van der Waals surface area contributed by atoms with E-state index in [4.69, 9.17) is 4.74 Å². The number of pyridine rings is 1. The van der Waals surface area contributed by atoms with Crippen LogP contribution in [0.2, 0.25) is 0 Å². The van der Waals surface area contributed by atoms with Crippen LogP contribution in [0.5, 0.6) is 0 Å². The van der Waals surface area contributed by atoms with Crippen molar-refractivity contribution in [3.63, 3.8) is 0 Å². The molecular weight excluding hydrogens is 342 g/mol. The SMILES string of the molecule is CN=C(NCCc1nnc2ccccn12)NCC(C(C)C)N1CCOCC1. The third-order valence-corrected chi connectivity index (χ3v) is 5.01. The van der Waals surface area contributed by atoms with Crippen molar-refractivity contribution in [2.75, 3.05) is 46.4 Å². The summed E-state index contributed by atoms with van der Waals surface area (Å²) < 4.78 is 7.50. The summed E-state index contributed by atoms with van der Waals surface area (Å²) in [7, 11) is 1.81. The Labute approximate surface area is 161 Å². The highest BCUT2D eigenvalue weighted by Crippen LogP contribution is 2.12. The van der Waals surface area contributed by atoms with Crippen LogP contribution in [0.25, 0.3) is 5.65 Å². The maximum absolute atomic E-state index is 5.48. The highest BCUT2D eigenvalue weighted by atomic mass is 16.5. The van der Waals surface area contributed by atoms with Crippen LogP contribution in [0.15, 0.2) is 29.4 Å². The average molecular weight is 374 g/mol. The zero-order chi connectivity index (χ0) is 19.1. The van der Waals surface area contributed by atoms with Crippen LogP contribution in [0.1, 0.15) is 19.7 Å². The number of rotatable bonds is 7. The molecule has 1 unspecified atom stereocenters. The molecule has 3 heterocycles. The van der Waals surface area contributed by atoms with Crippen molar-refractivity contribution >= 4 is 11.6 Å². The molecule has 2 aromatic rings. The van der Waals surface area contributed by atoms with Crippen LogP contribution in [0.4, 0.5) is 0 Å². The third kappa shape index (κ3) is 5.17. The van der Waals surface area contributed by atoms with Gasteiger partial charge in [-0.25, -0.2) is 0 Å². The topological polar surface area (TPSA) is 79.1 Å². The van der Waals surface area contributed by atoms with E-state index in [0.717, 1.165) is 63.2 Å². The molecule has 2 N–H and O–H groups in total. The molecule has 0 aliphatic carbocycles. The Bertz CT molecular complexity index is 736. The van der Waals surface area contributed by atoms with Crippen LogP contribution in [-0.2, 0) is 11.2 Å². The van der Waals surface area contributed by atoms with Gasteiger partial charge >= 0.3 is 0 Å². The Kier molecular flexibility index (Phi) is 7.00. The van der Waals surface area contributed by atoms with Crippen LogP contribution in [0.3, 0.4) is 0 Å². The lowest BCUT2D eigenvalue weighted by Gasteiger charge is -2.37. The molecule has 2 aromatic heterocycles. The van der Waals surface area contributed by atoms with Gasteiger partial charge in [0, 0.05) is 51.9 Å². The molecule has 1 aliphatic rings. The van der Waals surface area contributed by atoms with E-state index in [-0.39, 0.29) is 0 Å². The van der Waals surface area contributed by atoms with Crippen LogP contribution < -0.4 is 10.6 Å². The zero-order valence-corrected chi connectivity index (χ0v) is 16.6. The first kappa shape index (κ1) is 19.6. The summed E-state index contributed by atoms with van der Waals surface area (Å²) in [4.78, 5) is 6.86. The highest BCUT2D eigenvalue weighted by molar-refractivity contribution is 5.79. The van der Waals surface area contributed by atoms with Gasteiger partial charge in [0.2, 0.25) is 0 Å². The molecule has 27 heavy (non-hydrogen) atoms. The molecule has 1 saturated heterocycles. The molecular formula is C19H31N7O. The van der Waals surface area contributed by atoms with E-state index in [2.05, 4.69) is 44.6 Å². The number of fused-ring (bicyclic) bond motifs is 1. The summed E-state index contributed by atoms with van der Waals surface area (Å²) in [5.41, 5.74) is 0.875. The molecule has 0 bridgehead atoms. The second kappa shape index (κ2) is 9.66. The van der Waals surface area contributed by atoms with Crippen LogP contribution >= 0.6 is 0 Å². The second-order valence-corrected chi connectivity index (χ2v) is 7.13. The van der Waals surface area contributed by atoms with Crippen molar-refractivity contribution in [3.8, 4) is 0 Å². The number of morpholine rings is 1. The monoisotopic (exact) mass is 373 g/mol. The molecule has 0 spiro atoms. The lowest BCUT2D eigenvalue weighted by atomic mass is 10.0. The third-order valence-electron chi connectivity index (χ3n) is 5.01. The highest BCUT2D eigenvalue weighted by Gasteiger charge is 2.23. The van der Waals surface area contributed by atoms with Crippen molar-refractivity contribution < 1.29 is 4.74 Å². The first-order valence-corrected chi connectivity index (χ1v) is 9.74. The van der Waals surface area contributed by atoms with Crippen molar-refractivity contribution in [1.29, 1.82) is 0 Å². The Morgan fingerprint density at radius 2 is 2.04 bits per heavy atom. The van der Waals surface area contributed by atoms with E-state index in [1.165, 1.54) is 0 Å². The summed E-state index contributed by atoms with van der Waals surface area (Å²) in [6, 6.07) is 6.39. The molecule has 3 rings (SSSR count). The van der Waals surface area contributed by atoms with Crippen molar-refractivity contribution in [3.05, 3.63) is 30.2 Å². The molecule has 8 nitrogen and oxygen atoms in total. The number of nitrogens with one attached hydrogen (secondary N) is 2. The van der Waals surface area contributed by atoms with Crippen molar-refractivity contribution in [2.24, 2.45) is 10.9 Å². The summed E-state index contributed by atoms with van der Waals surface area (Å²) in [6.45, 7) is 9.80. The smallest absolute Gasteiger partial charge is 0.191 e. The Hall–Kier alpha value is -2.19. The lowest BCUT2D eigenvalue weighted by Crippen LogP contribution is -2.52. The average Bonchev–Trinajstić information content (AvgIpc) is 3.10. The number of guanidine groups is 1. The minimum absolute atomic E-state index is 0.466. The van der Waals surface area contributed by atoms with E-state index in [1.807, 2.05) is 28.8 Å². The molecule has 1 fully saturated rings. The zero-order valence-electron chi connectivity index (χ0n) is 16.6. The summed E-state index contributed by atoms with van der Waals surface area (Å²) in [5, 5.41) is 15.3. The van der Waals surface area contributed by atoms with Gasteiger partial charge in [-0.3, -0.25) is 14.3 Å². The van der Waals surface area contributed by atoms with Gasteiger partial charge in [-0.05, 0) is 18.1 Å². The minimum atomic E-state index is 0.466. The van der Waals surface area contributed by atoms with Gasteiger partial charge in [-0.2, -0.15) is 0 Å². The number of hydrogen-bond donors (Lipinski definition) is 2. The molecule has 148 valence electrons. The van der Waals surface area contributed by atoms with E-state index < -0.39 is 0 Å². The predicted molar refractivity (Wildman–Crippen MR) is 107 cm³/mol.